The fraction of sp³-hybridized carbons (Fsp3) is 0.0588. The van der Waals surface area contributed by atoms with Crippen molar-refractivity contribution >= 4 is 38.7 Å². The summed E-state index contributed by atoms with van der Waals surface area (Å²) in [6, 6.07) is 9.79. The van der Waals surface area contributed by atoms with Crippen molar-refractivity contribution in [3.05, 3.63) is 64.7 Å². The van der Waals surface area contributed by atoms with Crippen LogP contribution >= 0.6 is 22.7 Å². The summed E-state index contributed by atoms with van der Waals surface area (Å²) >= 11 is 2.96. The number of rotatable bonds is 4. The molecule has 0 aliphatic heterocycles. The van der Waals surface area contributed by atoms with Crippen LogP contribution in [0.25, 0.3) is 20.9 Å². The monoisotopic (exact) mass is 353 g/mol. The lowest BCUT2D eigenvalue weighted by Crippen LogP contribution is -2.05. The highest BCUT2D eigenvalue weighted by molar-refractivity contribution is 7.17. The predicted molar refractivity (Wildman–Crippen MR) is 94.1 cm³/mol. The van der Waals surface area contributed by atoms with Gasteiger partial charge in [-0.25, -0.2) is 19.7 Å². The summed E-state index contributed by atoms with van der Waals surface area (Å²) in [4.78, 5) is 24.7. The van der Waals surface area contributed by atoms with Crippen LogP contribution in [0.5, 0.6) is 0 Å². The molecule has 0 N–H and O–H groups in total. The lowest BCUT2D eigenvalue weighted by Gasteiger charge is -2.02. The van der Waals surface area contributed by atoms with Crippen molar-refractivity contribution in [1.29, 1.82) is 0 Å². The largest absolute Gasteiger partial charge is 0.456 e. The van der Waals surface area contributed by atoms with Gasteiger partial charge in [0.05, 0.1) is 0 Å². The minimum atomic E-state index is -0.441. The molecule has 0 amide bonds. The van der Waals surface area contributed by atoms with E-state index in [4.69, 9.17) is 4.74 Å². The summed E-state index contributed by atoms with van der Waals surface area (Å²) in [6.07, 6.45) is 3.28. The topological polar surface area (TPSA) is 65.0 Å². The number of aromatic nitrogens is 3. The Bertz CT molecular complexity index is 995. The molecule has 24 heavy (non-hydrogen) atoms. The van der Waals surface area contributed by atoms with Crippen molar-refractivity contribution in [2.24, 2.45) is 0 Å². The van der Waals surface area contributed by atoms with Crippen molar-refractivity contribution in [1.82, 2.24) is 15.0 Å². The highest BCUT2D eigenvalue weighted by atomic mass is 32.1. The first-order valence-electron chi connectivity index (χ1n) is 7.16. The smallest absolute Gasteiger partial charge is 0.358 e. The minimum Gasteiger partial charge on any atom is -0.456 e. The zero-order valence-electron chi connectivity index (χ0n) is 12.4. The van der Waals surface area contributed by atoms with Gasteiger partial charge in [0.25, 0.3) is 0 Å². The summed E-state index contributed by atoms with van der Waals surface area (Å²) in [5, 5.41) is 5.40. The maximum atomic E-state index is 12.2. The van der Waals surface area contributed by atoms with Crippen LogP contribution in [0.2, 0.25) is 0 Å². The number of thiazole rings is 1. The molecule has 0 radical (unpaired) electrons. The van der Waals surface area contributed by atoms with E-state index in [1.807, 2.05) is 23.6 Å². The maximum Gasteiger partial charge on any atom is 0.358 e. The average molecular weight is 353 g/mol. The fourth-order valence-corrected chi connectivity index (χ4v) is 3.92. The zero-order valence-corrected chi connectivity index (χ0v) is 14.0. The standard InChI is InChI=1S/C17H11N3O2S2/c21-17(13-10-24-16(20-13)15-18-6-3-7-19-15)22-8-11-9-23-14-5-2-1-4-12(11)14/h1-7,9-10H,8H2. The quantitative estimate of drug-likeness (QED) is 0.515. The molecule has 118 valence electrons. The Morgan fingerprint density at radius 3 is 2.75 bits per heavy atom. The Labute approximate surface area is 145 Å². The average Bonchev–Trinajstić information content (AvgIpc) is 3.28. The van der Waals surface area contributed by atoms with E-state index >= 15 is 0 Å². The number of thiophene rings is 1. The number of nitrogens with zero attached hydrogens (tertiary/aromatic N) is 3. The van der Waals surface area contributed by atoms with Crippen LogP contribution in [0.4, 0.5) is 0 Å². The van der Waals surface area contributed by atoms with Crippen molar-refractivity contribution < 1.29 is 9.53 Å². The molecule has 0 bridgehead atoms. The Morgan fingerprint density at radius 2 is 1.88 bits per heavy atom. The lowest BCUT2D eigenvalue weighted by molar-refractivity contribution is 0.0469. The molecule has 0 saturated heterocycles. The molecule has 5 nitrogen and oxygen atoms in total. The van der Waals surface area contributed by atoms with Gasteiger partial charge in [-0.3, -0.25) is 0 Å². The van der Waals surface area contributed by atoms with Gasteiger partial charge in [-0.2, -0.15) is 0 Å². The number of ether oxygens (including phenoxy) is 1. The Balaban J connectivity index is 1.48. The van der Waals surface area contributed by atoms with Gasteiger partial charge in [-0.15, -0.1) is 22.7 Å². The van der Waals surface area contributed by atoms with Crippen LogP contribution in [0.1, 0.15) is 16.1 Å². The summed E-state index contributed by atoms with van der Waals surface area (Å²) in [5.41, 5.74) is 1.28. The first-order valence-corrected chi connectivity index (χ1v) is 8.92. The van der Waals surface area contributed by atoms with Gasteiger partial charge in [0.2, 0.25) is 0 Å². The number of benzene rings is 1. The van der Waals surface area contributed by atoms with Crippen molar-refractivity contribution in [2.45, 2.75) is 6.61 Å². The third-order valence-electron chi connectivity index (χ3n) is 3.39. The Kier molecular flexibility index (Phi) is 4.02. The molecule has 4 rings (SSSR count). The van der Waals surface area contributed by atoms with E-state index in [-0.39, 0.29) is 12.3 Å². The predicted octanol–water partition coefficient (Wildman–Crippen LogP) is 4.17. The van der Waals surface area contributed by atoms with Crippen molar-refractivity contribution in [2.75, 3.05) is 0 Å². The van der Waals surface area contributed by atoms with E-state index in [1.54, 1.807) is 35.2 Å². The molecule has 0 fully saturated rings. The van der Waals surface area contributed by atoms with Gasteiger partial charge in [0, 0.05) is 28.0 Å². The van der Waals surface area contributed by atoms with Gasteiger partial charge < -0.3 is 4.74 Å². The van der Waals surface area contributed by atoms with Crippen LogP contribution in [-0.4, -0.2) is 20.9 Å². The van der Waals surface area contributed by atoms with E-state index in [1.165, 1.54) is 16.0 Å². The molecule has 7 heteroatoms. The van der Waals surface area contributed by atoms with E-state index in [0.29, 0.717) is 10.8 Å². The molecule has 0 aliphatic rings. The van der Waals surface area contributed by atoms with Crippen molar-refractivity contribution in [3.8, 4) is 10.8 Å². The molecule has 4 aromatic rings. The number of hydrogen-bond donors (Lipinski definition) is 0. The zero-order chi connectivity index (χ0) is 16.4. The van der Waals surface area contributed by atoms with Gasteiger partial charge in [0.1, 0.15) is 6.61 Å². The van der Waals surface area contributed by atoms with E-state index in [0.717, 1.165) is 10.9 Å². The molecule has 3 heterocycles. The second-order valence-corrected chi connectivity index (χ2v) is 6.71. The first-order chi connectivity index (χ1) is 11.8. The Morgan fingerprint density at radius 1 is 1.04 bits per heavy atom. The summed E-state index contributed by atoms with van der Waals surface area (Å²) in [5.74, 6) is 0.0640. The molecule has 3 aromatic heterocycles. The molecular weight excluding hydrogens is 342 g/mol. The molecule has 0 atom stereocenters. The second kappa shape index (κ2) is 6.46. The number of carbonyl (C=O) groups is 1. The fourth-order valence-electron chi connectivity index (χ4n) is 2.24. The molecular formula is C17H11N3O2S2. The summed E-state index contributed by atoms with van der Waals surface area (Å²) in [6.45, 7) is 0.234. The van der Waals surface area contributed by atoms with Crippen LogP contribution < -0.4 is 0 Å². The van der Waals surface area contributed by atoms with Gasteiger partial charge in [-0.1, -0.05) is 18.2 Å². The normalized spacial score (nSPS) is 10.8. The van der Waals surface area contributed by atoms with Crippen LogP contribution in [0.15, 0.2) is 53.5 Å². The van der Waals surface area contributed by atoms with Crippen molar-refractivity contribution in [3.63, 3.8) is 0 Å². The third-order valence-corrected chi connectivity index (χ3v) is 5.24. The number of esters is 1. The summed E-state index contributed by atoms with van der Waals surface area (Å²) < 4.78 is 6.58. The summed E-state index contributed by atoms with van der Waals surface area (Å²) in [7, 11) is 0. The first kappa shape index (κ1) is 14.9. The highest BCUT2D eigenvalue weighted by Crippen LogP contribution is 2.26. The van der Waals surface area contributed by atoms with Gasteiger partial charge in [-0.05, 0) is 22.9 Å². The highest BCUT2D eigenvalue weighted by Gasteiger charge is 2.15. The van der Waals surface area contributed by atoms with E-state index < -0.39 is 5.97 Å². The molecule has 0 saturated carbocycles. The minimum absolute atomic E-state index is 0.234. The van der Waals surface area contributed by atoms with E-state index in [2.05, 4.69) is 21.0 Å². The maximum absolute atomic E-state index is 12.2. The molecule has 1 aromatic carbocycles. The Hall–Kier alpha value is -2.64. The third kappa shape index (κ3) is 2.91. The lowest BCUT2D eigenvalue weighted by atomic mass is 10.2. The molecule has 0 unspecified atom stereocenters. The number of hydrogen-bond acceptors (Lipinski definition) is 7. The second-order valence-electron chi connectivity index (χ2n) is 4.94. The van der Waals surface area contributed by atoms with Crippen LogP contribution in [0.3, 0.4) is 0 Å². The molecule has 0 spiro atoms. The molecule has 0 aliphatic carbocycles. The number of carbonyl (C=O) groups excluding carboxylic acids is 1. The van der Waals surface area contributed by atoms with Crippen LogP contribution in [0, 0.1) is 0 Å². The van der Waals surface area contributed by atoms with Gasteiger partial charge in [0.15, 0.2) is 16.5 Å². The van der Waals surface area contributed by atoms with E-state index in [9.17, 15) is 4.79 Å². The number of fused-ring (bicyclic) bond motifs is 1. The van der Waals surface area contributed by atoms with Crippen LogP contribution in [-0.2, 0) is 11.3 Å². The SMILES string of the molecule is O=C(OCc1csc2ccccc12)c1csc(-c2ncccn2)n1. The van der Waals surface area contributed by atoms with Gasteiger partial charge >= 0.3 is 5.97 Å².